The Morgan fingerprint density at radius 1 is 0.696 bits per heavy atom. The molecule has 0 saturated heterocycles. The van der Waals surface area contributed by atoms with Gasteiger partial charge < -0.3 is 30.3 Å². The zero-order chi connectivity index (χ0) is 35.6. The van der Waals surface area contributed by atoms with Crippen molar-refractivity contribution < 1.29 is 30.3 Å². The van der Waals surface area contributed by atoms with Crippen LogP contribution in [0.4, 0.5) is 5.69 Å². The predicted molar refractivity (Wildman–Crippen MR) is 191 cm³/mol. The molecule has 0 aromatic heterocycles. The van der Waals surface area contributed by atoms with Crippen molar-refractivity contribution >= 4 is 29.2 Å². The molecule has 46 heavy (non-hydrogen) atoms. The Balaban J connectivity index is 2.56. The van der Waals surface area contributed by atoms with Gasteiger partial charge in [-0.1, -0.05) is 76.2 Å². The minimum absolute atomic E-state index is 0.143. The first kappa shape index (κ1) is 40.5. The lowest BCUT2D eigenvalue weighted by Gasteiger charge is -2.33. The molecule has 0 fully saturated rings. The molecular formula is C36H57NO7S2. The van der Waals surface area contributed by atoms with Crippen LogP contribution >= 0.6 is 23.5 Å². The summed E-state index contributed by atoms with van der Waals surface area (Å²) in [4.78, 5) is 14.1. The fraction of sp³-hybridized carbons (Fsp3) is 0.667. The number of nitrogens with zero attached hydrogens (tertiary/aromatic N) is 1. The van der Waals surface area contributed by atoms with E-state index in [1.54, 1.807) is 23.5 Å². The Morgan fingerprint density at radius 2 is 1.11 bits per heavy atom. The second-order valence-corrected chi connectivity index (χ2v) is 19.6. The highest BCUT2D eigenvalue weighted by atomic mass is 32.2. The SMILES string of the molecule is CC(C)c1cc(SC(C)(C)Sc2cc(C(C)(C)C)c(OCC(O)C(O)C(O)C(O)CO)c(C(C)(C)C)c2)cc(C(C)(C)C)c1N=O. The molecule has 0 saturated carbocycles. The minimum Gasteiger partial charge on any atom is -0.490 e. The Labute approximate surface area is 284 Å². The van der Waals surface area contributed by atoms with Crippen LogP contribution in [0.5, 0.6) is 5.75 Å². The number of nitroso groups, excluding NO2 is 1. The number of benzene rings is 2. The molecule has 0 heterocycles. The van der Waals surface area contributed by atoms with Crippen molar-refractivity contribution in [1.29, 1.82) is 0 Å². The van der Waals surface area contributed by atoms with Gasteiger partial charge in [0.15, 0.2) is 0 Å². The van der Waals surface area contributed by atoms with Crippen molar-refractivity contribution in [2.45, 2.75) is 150 Å². The maximum atomic E-state index is 11.9. The van der Waals surface area contributed by atoms with Crippen LogP contribution in [0.15, 0.2) is 39.2 Å². The molecule has 0 spiro atoms. The van der Waals surface area contributed by atoms with Gasteiger partial charge >= 0.3 is 0 Å². The Morgan fingerprint density at radius 3 is 1.50 bits per heavy atom. The summed E-state index contributed by atoms with van der Waals surface area (Å²) in [5.41, 5.74) is 3.35. The molecule has 0 bridgehead atoms. The molecule has 0 radical (unpaired) electrons. The molecule has 2 aromatic carbocycles. The van der Waals surface area contributed by atoms with E-state index in [2.05, 4.69) is 119 Å². The van der Waals surface area contributed by atoms with E-state index in [1.165, 1.54) is 0 Å². The summed E-state index contributed by atoms with van der Waals surface area (Å²) in [6.07, 6.45) is -6.53. The van der Waals surface area contributed by atoms with E-state index < -0.39 is 31.0 Å². The number of thioether (sulfide) groups is 2. The van der Waals surface area contributed by atoms with E-state index in [4.69, 9.17) is 9.84 Å². The molecule has 0 aliphatic heterocycles. The number of ether oxygens (including phenoxy) is 1. The maximum Gasteiger partial charge on any atom is 0.126 e. The number of rotatable bonds is 13. The van der Waals surface area contributed by atoms with Gasteiger partial charge in [0.25, 0.3) is 0 Å². The molecule has 5 N–H and O–H groups in total. The highest BCUT2D eigenvalue weighted by Crippen LogP contribution is 2.51. The van der Waals surface area contributed by atoms with Crippen LogP contribution in [0.2, 0.25) is 0 Å². The van der Waals surface area contributed by atoms with E-state index in [9.17, 15) is 25.3 Å². The summed E-state index contributed by atoms with van der Waals surface area (Å²) in [6.45, 7) is 26.3. The van der Waals surface area contributed by atoms with Gasteiger partial charge in [0.1, 0.15) is 42.5 Å². The summed E-state index contributed by atoms with van der Waals surface area (Å²) < 4.78 is 5.93. The van der Waals surface area contributed by atoms with E-state index >= 15 is 0 Å². The van der Waals surface area contributed by atoms with Crippen LogP contribution in [0, 0.1) is 4.91 Å². The first-order valence-corrected chi connectivity index (χ1v) is 17.5. The Bertz CT molecular complexity index is 1300. The van der Waals surface area contributed by atoms with Crippen LogP contribution in [0.25, 0.3) is 0 Å². The van der Waals surface area contributed by atoms with Crippen LogP contribution in [0.1, 0.15) is 118 Å². The third-order valence-electron chi connectivity index (χ3n) is 7.76. The third-order valence-corrected chi connectivity index (χ3v) is 10.2. The Kier molecular flexibility index (Phi) is 13.4. The lowest BCUT2D eigenvalue weighted by atomic mass is 9.79. The van der Waals surface area contributed by atoms with Gasteiger partial charge in [0, 0.05) is 20.9 Å². The topological polar surface area (TPSA) is 140 Å². The smallest absolute Gasteiger partial charge is 0.126 e. The molecule has 2 aromatic rings. The number of aliphatic hydroxyl groups excluding tert-OH is 5. The normalized spacial score (nSPS) is 15.9. The van der Waals surface area contributed by atoms with E-state index in [1.807, 2.05) is 0 Å². The molecule has 8 nitrogen and oxygen atoms in total. The molecule has 4 atom stereocenters. The maximum absolute atomic E-state index is 11.9. The van der Waals surface area contributed by atoms with Gasteiger partial charge in [-0.05, 0) is 76.6 Å². The highest BCUT2D eigenvalue weighted by molar-refractivity contribution is 8.18. The number of aliphatic hydroxyl groups is 5. The average Bonchev–Trinajstić information content (AvgIpc) is 2.92. The van der Waals surface area contributed by atoms with Crippen LogP contribution in [-0.2, 0) is 16.2 Å². The zero-order valence-electron chi connectivity index (χ0n) is 29.9. The summed E-state index contributed by atoms with van der Waals surface area (Å²) in [5.74, 6) is 0.746. The number of hydrogen-bond acceptors (Lipinski definition) is 10. The molecule has 10 heteroatoms. The Hall–Kier alpha value is -1.66. The van der Waals surface area contributed by atoms with Crippen molar-refractivity contribution in [1.82, 2.24) is 0 Å². The molecule has 0 amide bonds. The molecular weight excluding hydrogens is 623 g/mol. The van der Waals surface area contributed by atoms with Crippen LogP contribution in [-0.4, -0.2) is 67.2 Å². The van der Waals surface area contributed by atoms with Crippen molar-refractivity contribution in [2.24, 2.45) is 5.18 Å². The van der Waals surface area contributed by atoms with Crippen LogP contribution < -0.4 is 4.74 Å². The summed E-state index contributed by atoms with van der Waals surface area (Å²) >= 11 is 3.48. The van der Waals surface area contributed by atoms with Crippen molar-refractivity contribution in [3.05, 3.63) is 51.4 Å². The zero-order valence-corrected chi connectivity index (χ0v) is 31.6. The fourth-order valence-electron chi connectivity index (χ4n) is 5.15. The fourth-order valence-corrected chi connectivity index (χ4v) is 7.75. The van der Waals surface area contributed by atoms with Crippen molar-refractivity contribution in [3.8, 4) is 5.75 Å². The van der Waals surface area contributed by atoms with Gasteiger partial charge in [-0.3, -0.25) is 0 Å². The monoisotopic (exact) mass is 679 g/mol. The van der Waals surface area contributed by atoms with E-state index in [0.717, 1.165) is 32.0 Å². The lowest BCUT2D eigenvalue weighted by Crippen LogP contribution is -2.47. The molecule has 260 valence electrons. The minimum atomic E-state index is -1.73. The van der Waals surface area contributed by atoms with Crippen molar-refractivity contribution in [3.63, 3.8) is 0 Å². The number of hydrogen-bond donors (Lipinski definition) is 5. The van der Waals surface area contributed by atoms with E-state index in [0.29, 0.717) is 11.4 Å². The summed E-state index contributed by atoms with van der Waals surface area (Å²) in [5, 5.41) is 53.4. The standard InChI is InChI=1S/C36H57NO7S2/c1-20(2)23-14-21(15-24(29(23)37-43)33(3,4)5)45-36(12,13)46-22-16-25(34(6,7)8)32(26(17-22)35(9,10)11)44-19-28(40)31(42)30(41)27(39)18-38/h14-17,20,27-28,30-31,38-42H,18-19H2,1-13H3. The van der Waals surface area contributed by atoms with Gasteiger partial charge in [0.05, 0.1) is 10.7 Å². The van der Waals surface area contributed by atoms with Crippen LogP contribution in [0.3, 0.4) is 0 Å². The quantitative estimate of drug-likeness (QED) is 0.0825. The second kappa shape index (κ2) is 15.3. The van der Waals surface area contributed by atoms with Gasteiger partial charge in [0.2, 0.25) is 0 Å². The van der Waals surface area contributed by atoms with Gasteiger partial charge in [-0.2, -0.15) is 0 Å². The first-order valence-electron chi connectivity index (χ1n) is 15.9. The lowest BCUT2D eigenvalue weighted by molar-refractivity contribution is -0.121. The highest BCUT2D eigenvalue weighted by Gasteiger charge is 2.34. The molecule has 2 rings (SSSR count). The predicted octanol–water partition coefficient (Wildman–Crippen LogP) is 7.54. The average molecular weight is 680 g/mol. The molecule has 0 aliphatic carbocycles. The van der Waals surface area contributed by atoms with Gasteiger partial charge in [-0.15, -0.1) is 28.4 Å². The molecule has 0 aliphatic rings. The first-order chi connectivity index (χ1) is 20.8. The molecule has 4 unspecified atom stereocenters. The second-order valence-electron chi connectivity index (χ2n) is 16.0. The largest absolute Gasteiger partial charge is 0.490 e. The van der Waals surface area contributed by atoms with Crippen molar-refractivity contribution in [2.75, 3.05) is 13.2 Å². The van der Waals surface area contributed by atoms with Gasteiger partial charge in [-0.25, -0.2) is 0 Å². The third kappa shape index (κ3) is 10.4. The van der Waals surface area contributed by atoms with E-state index in [-0.39, 0.29) is 32.8 Å². The summed E-state index contributed by atoms with van der Waals surface area (Å²) in [6, 6.07) is 8.43. The summed E-state index contributed by atoms with van der Waals surface area (Å²) in [7, 11) is 0.